The van der Waals surface area contributed by atoms with Gasteiger partial charge in [0.25, 0.3) is 5.78 Å². The first-order chi connectivity index (χ1) is 18.8. The standard InChI is InChI=1S/C29H24N2O7S/c1-14-10-15(2)24-22(11-14)39-29(30-24)31-25(16-4-6-18(32)20(12-16)36-3)23(27(34)28(31)35)26(33)17-5-7-19-21(13-17)38-9-8-37-19/h4-7,10-13,25,32-33H,8-9H2,1-3H3. The number of methoxy groups -OCH3 is 1. The number of hydrogen-bond donors (Lipinski definition) is 2. The summed E-state index contributed by atoms with van der Waals surface area (Å²) < 4.78 is 17.4. The van der Waals surface area contributed by atoms with E-state index >= 15 is 0 Å². The zero-order chi connectivity index (χ0) is 27.4. The summed E-state index contributed by atoms with van der Waals surface area (Å²) >= 11 is 1.29. The molecule has 1 saturated heterocycles. The number of rotatable bonds is 4. The predicted molar refractivity (Wildman–Crippen MR) is 146 cm³/mol. The van der Waals surface area contributed by atoms with Crippen molar-refractivity contribution in [1.82, 2.24) is 4.98 Å². The molecule has 0 radical (unpaired) electrons. The molecule has 6 rings (SSSR count). The number of aliphatic hydroxyl groups excluding tert-OH is 1. The summed E-state index contributed by atoms with van der Waals surface area (Å²) in [6, 6.07) is 12.3. The van der Waals surface area contributed by atoms with Gasteiger partial charge in [-0.05, 0) is 66.9 Å². The molecule has 1 atom stereocenters. The van der Waals surface area contributed by atoms with Crippen LogP contribution in [0.2, 0.25) is 0 Å². The first-order valence-corrected chi connectivity index (χ1v) is 13.0. The summed E-state index contributed by atoms with van der Waals surface area (Å²) in [6.07, 6.45) is 0. The Morgan fingerprint density at radius 2 is 1.82 bits per heavy atom. The number of aromatic nitrogens is 1. The summed E-state index contributed by atoms with van der Waals surface area (Å²) in [5.74, 6) is -1.02. The number of aromatic hydroxyl groups is 1. The Hall–Kier alpha value is -4.57. The highest BCUT2D eigenvalue weighted by molar-refractivity contribution is 7.22. The molecule has 9 nitrogen and oxygen atoms in total. The highest BCUT2D eigenvalue weighted by Crippen LogP contribution is 2.46. The number of phenols is 1. The number of amides is 1. The number of nitrogens with zero attached hydrogens (tertiary/aromatic N) is 2. The van der Waals surface area contributed by atoms with Gasteiger partial charge in [0.15, 0.2) is 28.1 Å². The topological polar surface area (TPSA) is 118 Å². The monoisotopic (exact) mass is 544 g/mol. The molecular weight excluding hydrogens is 520 g/mol. The van der Waals surface area contributed by atoms with E-state index in [0.29, 0.717) is 41.0 Å². The zero-order valence-electron chi connectivity index (χ0n) is 21.3. The van der Waals surface area contributed by atoms with E-state index in [4.69, 9.17) is 19.2 Å². The van der Waals surface area contributed by atoms with E-state index in [1.807, 2.05) is 26.0 Å². The lowest BCUT2D eigenvalue weighted by Crippen LogP contribution is -2.29. The molecule has 0 saturated carbocycles. The van der Waals surface area contributed by atoms with Crippen LogP contribution in [0.25, 0.3) is 16.0 Å². The highest BCUT2D eigenvalue weighted by atomic mass is 32.1. The third-order valence-corrected chi connectivity index (χ3v) is 7.81. The second-order valence-electron chi connectivity index (χ2n) is 9.38. The van der Waals surface area contributed by atoms with E-state index in [9.17, 15) is 19.8 Å². The van der Waals surface area contributed by atoms with Gasteiger partial charge in [-0.1, -0.05) is 23.5 Å². The van der Waals surface area contributed by atoms with E-state index in [1.165, 1.54) is 29.4 Å². The molecular formula is C29H24N2O7S. The third-order valence-electron chi connectivity index (χ3n) is 6.80. The molecule has 0 bridgehead atoms. The Morgan fingerprint density at radius 1 is 1.05 bits per heavy atom. The van der Waals surface area contributed by atoms with E-state index < -0.39 is 17.7 Å². The molecule has 4 aromatic rings. The fourth-order valence-corrected chi connectivity index (χ4v) is 6.19. The van der Waals surface area contributed by atoms with Crippen molar-refractivity contribution in [3.8, 4) is 23.0 Å². The molecule has 1 amide bonds. The van der Waals surface area contributed by atoms with Crippen molar-refractivity contribution in [2.45, 2.75) is 19.9 Å². The van der Waals surface area contributed by atoms with Gasteiger partial charge < -0.3 is 24.4 Å². The van der Waals surface area contributed by atoms with E-state index in [0.717, 1.165) is 21.3 Å². The van der Waals surface area contributed by atoms with Gasteiger partial charge in [-0.3, -0.25) is 14.5 Å². The summed E-state index contributed by atoms with van der Waals surface area (Å²) in [6.45, 7) is 4.68. The number of ketones is 1. The van der Waals surface area contributed by atoms with Crippen molar-refractivity contribution in [2.24, 2.45) is 0 Å². The Bertz CT molecular complexity index is 1710. The van der Waals surface area contributed by atoms with Gasteiger partial charge in [-0.25, -0.2) is 4.98 Å². The van der Waals surface area contributed by atoms with Crippen molar-refractivity contribution in [3.63, 3.8) is 0 Å². The van der Waals surface area contributed by atoms with Crippen LogP contribution in [0, 0.1) is 13.8 Å². The average Bonchev–Trinajstić information content (AvgIpc) is 3.46. The van der Waals surface area contributed by atoms with Crippen LogP contribution in [0.5, 0.6) is 23.0 Å². The van der Waals surface area contributed by atoms with Gasteiger partial charge in [0.1, 0.15) is 19.0 Å². The number of carbonyl (C=O) groups is 2. The molecule has 2 aliphatic rings. The minimum absolute atomic E-state index is 0.101. The number of aryl methyl sites for hydroxylation is 2. The number of phenolic OH excluding ortho intramolecular Hbond substituents is 1. The lowest BCUT2D eigenvalue weighted by Gasteiger charge is -2.24. The van der Waals surface area contributed by atoms with Crippen LogP contribution in [0.1, 0.15) is 28.3 Å². The number of aliphatic hydroxyl groups is 1. The normalized spacial score (nSPS) is 18.1. The molecule has 39 heavy (non-hydrogen) atoms. The van der Waals surface area contributed by atoms with Gasteiger partial charge in [-0.2, -0.15) is 0 Å². The number of thiazole rings is 1. The quantitative estimate of drug-likeness (QED) is 0.209. The van der Waals surface area contributed by atoms with Gasteiger partial charge in [-0.15, -0.1) is 0 Å². The molecule has 1 aromatic heterocycles. The zero-order valence-corrected chi connectivity index (χ0v) is 22.2. The van der Waals surface area contributed by atoms with Crippen LogP contribution in [-0.2, 0) is 9.59 Å². The van der Waals surface area contributed by atoms with Crippen LogP contribution in [0.3, 0.4) is 0 Å². The number of carbonyl (C=O) groups excluding carboxylic acids is 2. The van der Waals surface area contributed by atoms with Crippen LogP contribution in [0.4, 0.5) is 5.13 Å². The number of benzene rings is 3. The van der Waals surface area contributed by atoms with Crippen molar-refractivity contribution in [1.29, 1.82) is 0 Å². The molecule has 0 spiro atoms. The number of anilines is 1. The molecule has 2 aliphatic heterocycles. The molecule has 10 heteroatoms. The maximum absolute atomic E-state index is 13.6. The molecule has 1 fully saturated rings. The molecule has 198 valence electrons. The Kier molecular flexibility index (Phi) is 5.91. The highest BCUT2D eigenvalue weighted by Gasteiger charge is 2.48. The van der Waals surface area contributed by atoms with Crippen molar-refractivity contribution < 1.29 is 34.0 Å². The van der Waals surface area contributed by atoms with E-state index in [1.54, 1.807) is 30.3 Å². The average molecular weight is 545 g/mol. The van der Waals surface area contributed by atoms with Gasteiger partial charge in [0, 0.05) is 5.56 Å². The third kappa shape index (κ3) is 4.04. The van der Waals surface area contributed by atoms with Gasteiger partial charge >= 0.3 is 5.91 Å². The summed E-state index contributed by atoms with van der Waals surface area (Å²) in [5, 5.41) is 22.0. The maximum atomic E-state index is 13.6. The SMILES string of the molecule is COc1cc(C2C(=C(O)c3ccc4c(c3)OCCO4)C(=O)C(=O)N2c2nc3c(C)cc(C)cc3s2)ccc1O. The van der Waals surface area contributed by atoms with E-state index in [-0.39, 0.29) is 22.8 Å². The number of hydrogen-bond acceptors (Lipinski definition) is 9. The fourth-order valence-electron chi connectivity index (χ4n) is 5.02. The second-order valence-corrected chi connectivity index (χ2v) is 10.4. The molecule has 0 aliphatic carbocycles. The van der Waals surface area contributed by atoms with Crippen molar-refractivity contribution >= 4 is 44.1 Å². The van der Waals surface area contributed by atoms with Gasteiger partial charge in [0.2, 0.25) is 0 Å². The summed E-state index contributed by atoms with van der Waals surface area (Å²) in [5.41, 5.74) is 3.37. The molecule has 3 aromatic carbocycles. The van der Waals surface area contributed by atoms with Crippen LogP contribution in [-0.4, -0.2) is 47.2 Å². The van der Waals surface area contributed by atoms with Crippen LogP contribution in [0.15, 0.2) is 54.1 Å². The number of Topliss-reactive ketones (excluding diaryl/α,β-unsaturated/α-hetero) is 1. The molecule has 3 heterocycles. The number of fused-ring (bicyclic) bond motifs is 2. The van der Waals surface area contributed by atoms with Gasteiger partial charge in [0.05, 0.1) is 28.9 Å². The van der Waals surface area contributed by atoms with Crippen LogP contribution < -0.4 is 19.1 Å². The summed E-state index contributed by atoms with van der Waals surface area (Å²) in [4.78, 5) is 33.2. The second kappa shape index (κ2) is 9.32. The Morgan fingerprint density at radius 3 is 2.59 bits per heavy atom. The van der Waals surface area contributed by atoms with Crippen molar-refractivity contribution in [2.75, 3.05) is 25.2 Å². The lowest BCUT2D eigenvalue weighted by atomic mass is 9.95. The maximum Gasteiger partial charge on any atom is 0.301 e. The number of ether oxygens (including phenoxy) is 3. The summed E-state index contributed by atoms with van der Waals surface area (Å²) in [7, 11) is 1.41. The Labute approximate surface area is 227 Å². The smallest absolute Gasteiger partial charge is 0.301 e. The van der Waals surface area contributed by atoms with Crippen molar-refractivity contribution in [3.05, 3.63) is 76.4 Å². The molecule has 2 N–H and O–H groups in total. The fraction of sp³-hybridized carbons (Fsp3) is 0.207. The Balaban J connectivity index is 1.57. The predicted octanol–water partition coefficient (Wildman–Crippen LogP) is 5.02. The minimum atomic E-state index is -1.03. The largest absolute Gasteiger partial charge is 0.507 e. The lowest BCUT2D eigenvalue weighted by molar-refractivity contribution is -0.132. The van der Waals surface area contributed by atoms with E-state index in [2.05, 4.69) is 0 Å². The first-order valence-electron chi connectivity index (χ1n) is 12.2. The minimum Gasteiger partial charge on any atom is -0.507 e. The first kappa shape index (κ1) is 24.7. The molecule has 1 unspecified atom stereocenters. The van der Waals surface area contributed by atoms with Crippen LogP contribution >= 0.6 is 11.3 Å².